The van der Waals surface area contributed by atoms with Gasteiger partial charge in [-0.1, -0.05) is 20.8 Å². The maximum absolute atomic E-state index is 11.3. The smallest absolute Gasteiger partial charge is 0.320 e. The zero-order valence-corrected chi connectivity index (χ0v) is 9.42. The highest BCUT2D eigenvalue weighted by Gasteiger charge is 2.32. The maximum atomic E-state index is 11.3. The highest BCUT2D eigenvalue weighted by atomic mass is 16.5. The van der Waals surface area contributed by atoms with Crippen molar-refractivity contribution in [2.75, 3.05) is 14.2 Å². The van der Waals surface area contributed by atoms with E-state index >= 15 is 0 Å². The lowest BCUT2D eigenvalue weighted by Gasteiger charge is -2.22. The number of carbonyl (C=O) groups is 2. The summed E-state index contributed by atoms with van der Waals surface area (Å²) in [6.45, 7) is 5.85. The average molecular weight is 202 g/mol. The van der Waals surface area contributed by atoms with Crippen LogP contribution in [0.1, 0.15) is 27.2 Å². The normalized spacial score (nSPS) is 11.3. The van der Waals surface area contributed by atoms with Gasteiger partial charge in [0.1, 0.15) is 0 Å². The molecule has 0 aromatic heterocycles. The van der Waals surface area contributed by atoms with E-state index in [1.807, 2.05) is 20.8 Å². The van der Waals surface area contributed by atoms with Gasteiger partial charge < -0.3 is 9.47 Å². The molecule has 0 saturated carbocycles. The van der Waals surface area contributed by atoms with Crippen LogP contribution in [0.4, 0.5) is 0 Å². The Morgan fingerprint density at radius 2 is 1.43 bits per heavy atom. The Balaban J connectivity index is 4.57. The molecule has 0 aliphatic carbocycles. The van der Waals surface area contributed by atoms with E-state index in [9.17, 15) is 9.59 Å². The van der Waals surface area contributed by atoms with Crippen LogP contribution in [0.15, 0.2) is 0 Å². The molecule has 0 saturated heterocycles. The number of rotatable bonds is 3. The van der Waals surface area contributed by atoms with E-state index in [0.717, 1.165) is 0 Å². The first-order valence-electron chi connectivity index (χ1n) is 4.47. The fourth-order valence-corrected chi connectivity index (χ4v) is 1.16. The first kappa shape index (κ1) is 12.9. The summed E-state index contributed by atoms with van der Waals surface area (Å²) in [5.41, 5.74) is -0.118. The molecular formula is C10H18O4. The summed E-state index contributed by atoms with van der Waals surface area (Å²) in [5.74, 6) is -1.89. The summed E-state index contributed by atoms with van der Waals surface area (Å²) < 4.78 is 9.08. The molecule has 0 fully saturated rings. The number of esters is 2. The highest BCUT2D eigenvalue weighted by molar-refractivity contribution is 5.94. The highest BCUT2D eigenvalue weighted by Crippen LogP contribution is 2.25. The van der Waals surface area contributed by atoms with Crippen molar-refractivity contribution < 1.29 is 19.1 Å². The Hall–Kier alpha value is -1.06. The molecule has 0 aliphatic rings. The molecule has 0 spiro atoms. The van der Waals surface area contributed by atoms with Crippen molar-refractivity contribution in [3.8, 4) is 0 Å². The van der Waals surface area contributed by atoms with Gasteiger partial charge in [-0.3, -0.25) is 9.59 Å². The molecule has 0 rings (SSSR count). The molecular weight excluding hydrogens is 184 g/mol. The average Bonchev–Trinajstić information content (AvgIpc) is 2.10. The minimum absolute atomic E-state index is 0.118. The van der Waals surface area contributed by atoms with Gasteiger partial charge in [0.05, 0.1) is 14.2 Å². The van der Waals surface area contributed by atoms with E-state index in [1.54, 1.807) is 0 Å². The number of carbonyl (C=O) groups excluding carboxylic acids is 2. The van der Waals surface area contributed by atoms with Crippen molar-refractivity contribution in [1.29, 1.82) is 0 Å². The molecule has 0 heterocycles. The Morgan fingerprint density at radius 3 is 1.64 bits per heavy atom. The molecule has 0 atom stereocenters. The second-order valence-corrected chi connectivity index (χ2v) is 4.36. The van der Waals surface area contributed by atoms with E-state index in [0.29, 0.717) is 6.42 Å². The van der Waals surface area contributed by atoms with Crippen molar-refractivity contribution in [3.63, 3.8) is 0 Å². The molecule has 0 aromatic carbocycles. The molecule has 4 heteroatoms. The molecule has 82 valence electrons. The molecule has 0 unspecified atom stereocenters. The molecule has 0 aliphatic heterocycles. The standard InChI is InChI=1S/C10H18O4/c1-10(2,3)6-7(8(11)13-4)9(12)14-5/h7H,6H2,1-5H3. The lowest BCUT2D eigenvalue weighted by molar-refractivity contribution is -0.160. The molecule has 0 bridgehead atoms. The quantitative estimate of drug-likeness (QED) is 0.512. The Kier molecular flexibility index (Phi) is 4.60. The van der Waals surface area contributed by atoms with Gasteiger partial charge >= 0.3 is 11.9 Å². The minimum atomic E-state index is -0.815. The van der Waals surface area contributed by atoms with Gasteiger partial charge in [-0.05, 0) is 11.8 Å². The largest absolute Gasteiger partial charge is 0.468 e. The summed E-state index contributed by atoms with van der Waals surface area (Å²) in [6, 6.07) is 0. The molecule has 0 aromatic rings. The third kappa shape index (κ3) is 4.25. The molecule has 4 nitrogen and oxygen atoms in total. The first-order chi connectivity index (χ1) is 6.31. The minimum Gasteiger partial charge on any atom is -0.468 e. The van der Waals surface area contributed by atoms with Crippen molar-refractivity contribution in [1.82, 2.24) is 0 Å². The van der Waals surface area contributed by atoms with Crippen LogP contribution in [0.25, 0.3) is 0 Å². The number of methoxy groups -OCH3 is 2. The second-order valence-electron chi connectivity index (χ2n) is 4.36. The SMILES string of the molecule is COC(=O)C(CC(C)(C)C)C(=O)OC. The van der Waals surface area contributed by atoms with Crippen molar-refractivity contribution in [3.05, 3.63) is 0 Å². The monoisotopic (exact) mass is 202 g/mol. The van der Waals surface area contributed by atoms with E-state index in [1.165, 1.54) is 14.2 Å². The summed E-state index contributed by atoms with van der Waals surface area (Å²) >= 11 is 0. The van der Waals surface area contributed by atoms with Gasteiger partial charge in [0.15, 0.2) is 5.92 Å². The van der Waals surface area contributed by atoms with Crippen LogP contribution in [0.5, 0.6) is 0 Å². The predicted octanol–water partition coefficient (Wildman–Crippen LogP) is 1.38. The number of hydrogen-bond acceptors (Lipinski definition) is 4. The summed E-state index contributed by atoms with van der Waals surface area (Å²) in [5, 5.41) is 0. The Morgan fingerprint density at radius 1 is 1.07 bits per heavy atom. The number of hydrogen-bond donors (Lipinski definition) is 0. The maximum Gasteiger partial charge on any atom is 0.320 e. The lowest BCUT2D eigenvalue weighted by Crippen LogP contribution is -2.30. The Labute approximate surface area is 84.6 Å². The van der Waals surface area contributed by atoms with E-state index in [-0.39, 0.29) is 5.41 Å². The van der Waals surface area contributed by atoms with Crippen LogP contribution in [0.2, 0.25) is 0 Å². The fraction of sp³-hybridized carbons (Fsp3) is 0.800. The third-order valence-electron chi connectivity index (χ3n) is 1.79. The zero-order valence-electron chi connectivity index (χ0n) is 9.42. The van der Waals surface area contributed by atoms with Crippen molar-refractivity contribution >= 4 is 11.9 Å². The third-order valence-corrected chi connectivity index (χ3v) is 1.79. The van der Waals surface area contributed by atoms with Gasteiger partial charge in [0.25, 0.3) is 0 Å². The topological polar surface area (TPSA) is 52.6 Å². The van der Waals surface area contributed by atoms with Crippen LogP contribution < -0.4 is 0 Å². The fourth-order valence-electron chi connectivity index (χ4n) is 1.16. The molecule has 0 radical (unpaired) electrons. The van der Waals surface area contributed by atoms with Gasteiger partial charge in [-0.25, -0.2) is 0 Å². The van der Waals surface area contributed by atoms with Crippen LogP contribution in [0.3, 0.4) is 0 Å². The van der Waals surface area contributed by atoms with E-state index in [2.05, 4.69) is 9.47 Å². The summed E-state index contributed by atoms with van der Waals surface area (Å²) in [4.78, 5) is 22.5. The van der Waals surface area contributed by atoms with Crippen LogP contribution in [0, 0.1) is 11.3 Å². The van der Waals surface area contributed by atoms with Gasteiger partial charge in [0, 0.05) is 0 Å². The zero-order chi connectivity index (χ0) is 11.4. The lowest BCUT2D eigenvalue weighted by atomic mass is 9.84. The van der Waals surface area contributed by atoms with E-state index in [4.69, 9.17) is 0 Å². The van der Waals surface area contributed by atoms with Crippen LogP contribution in [-0.2, 0) is 19.1 Å². The van der Waals surface area contributed by atoms with Crippen molar-refractivity contribution in [2.45, 2.75) is 27.2 Å². The molecule has 0 amide bonds. The van der Waals surface area contributed by atoms with Gasteiger partial charge in [-0.2, -0.15) is 0 Å². The van der Waals surface area contributed by atoms with Gasteiger partial charge in [0.2, 0.25) is 0 Å². The van der Waals surface area contributed by atoms with E-state index < -0.39 is 17.9 Å². The van der Waals surface area contributed by atoms with Crippen molar-refractivity contribution in [2.24, 2.45) is 11.3 Å². The number of ether oxygens (including phenoxy) is 2. The predicted molar refractivity (Wildman–Crippen MR) is 51.6 cm³/mol. The Bertz CT molecular complexity index is 199. The summed E-state index contributed by atoms with van der Waals surface area (Å²) in [7, 11) is 2.53. The first-order valence-corrected chi connectivity index (χ1v) is 4.47. The molecule has 0 N–H and O–H groups in total. The van der Waals surface area contributed by atoms with Crippen LogP contribution >= 0.6 is 0 Å². The van der Waals surface area contributed by atoms with Gasteiger partial charge in [-0.15, -0.1) is 0 Å². The molecule has 14 heavy (non-hydrogen) atoms. The second kappa shape index (κ2) is 4.98. The summed E-state index contributed by atoms with van der Waals surface area (Å²) in [6.07, 6.45) is 0.423. The van der Waals surface area contributed by atoms with Crippen LogP contribution in [-0.4, -0.2) is 26.2 Å².